The van der Waals surface area contributed by atoms with Crippen LogP contribution in [0, 0.1) is 13.8 Å². The van der Waals surface area contributed by atoms with Gasteiger partial charge in [0.2, 0.25) is 10.0 Å². The van der Waals surface area contributed by atoms with Crippen LogP contribution in [0.3, 0.4) is 0 Å². The number of hydrogen-bond acceptors (Lipinski definition) is 4. The van der Waals surface area contributed by atoms with E-state index in [1.807, 2.05) is 51.0 Å². The molecule has 0 aliphatic carbocycles. The summed E-state index contributed by atoms with van der Waals surface area (Å²) in [6.07, 6.45) is 0. The molecule has 0 heterocycles. The van der Waals surface area contributed by atoms with Gasteiger partial charge < -0.3 is 10.2 Å². The maximum absolute atomic E-state index is 12.4. The number of hydrogen-bond donors (Lipinski definition) is 2. The van der Waals surface area contributed by atoms with Crippen LogP contribution >= 0.6 is 0 Å². The number of anilines is 1. The van der Waals surface area contributed by atoms with E-state index in [0.717, 1.165) is 16.8 Å². The molecule has 2 rings (SSSR count). The topological polar surface area (TPSA) is 78.5 Å². The highest BCUT2D eigenvalue weighted by atomic mass is 32.2. The van der Waals surface area contributed by atoms with Crippen LogP contribution in [0.1, 0.15) is 21.5 Å². The minimum Gasteiger partial charge on any atom is -0.322 e. The van der Waals surface area contributed by atoms with E-state index in [1.165, 1.54) is 24.3 Å². The Balaban J connectivity index is 2.07. The van der Waals surface area contributed by atoms with Crippen molar-refractivity contribution in [1.82, 2.24) is 9.62 Å². The number of carbonyl (C=O) groups is 1. The van der Waals surface area contributed by atoms with Gasteiger partial charge in [-0.1, -0.05) is 17.7 Å². The zero-order valence-corrected chi connectivity index (χ0v) is 16.4. The van der Waals surface area contributed by atoms with Crippen LogP contribution in [-0.2, 0) is 10.0 Å². The van der Waals surface area contributed by atoms with Crippen LogP contribution in [0.25, 0.3) is 0 Å². The molecule has 0 saturated heterocycles. The first kappa shape index (κ1) is 20.1. The standard InChI is InChI=1S/C19H25N3O3S/c1-14-5-10-18(15(2)13-14)21-19(23)16-6-8-17(9-7-16)26(24,25)20-11-12-22(3)4/h5-10,13,20H,11-12H2,1-4H3,(H,21,23). The van der Waals surface area contributed by atoms with Crippen molar-refractivity contribution in [2.75, 3.05) is 32.5 Å². The molecule has 0 radical (unpaired) electrons. The fourth-order valence-corrected chi connectivity index (χ4v) is 3.44. The first-order valence-electron chi connectivity index (χ1n) is 8.32. The molecule has 0 bridgehead atoms. The lowest BCUT2D eigenvalue weighted by Gasteiger charge is -2.12. The summed E-state index contributed by atoms with van der Waals surface area (Å²) in [4.78, 5) is 14.4. The fourth-order valence-electron chi connectivity index (χ4n) is 2.42. The monoisotopic (exact) mass is 375 g/mol. The van der Waals surface area contributed by atoms with Gasteiger partial charge in [0, 0.05) is 24.3 Å². The minimum atomic E-state index is -3.58. The Morgan fingerprint density at radius 1 is 1.04 bits per heavy atom. The normalized spacial score (nSPS) is 11.6. The Kier molecular flexibility index (Phi) is 6.52. The summed E-state index contributed by atoms with van der Waals surface area (Å²) in [7, 11) is 0.168. The number of aryl methyl sites for hydroxylation is 2. The van der Waals surface area contributed by atoms with Crippen LogP contribution in [0.15, 0.2) is 47.4 Å². The Morgan fingerprint density at radius 3 is 2.27 bits per heavy atom. The summed E-state index contributed by atoms with van der Waals surface area (Å²) in [6, 6.07) is 11.7. The highest BCUT2D eigenvalue weighted by molar-refractivity contribution is 7.89. The summed E-state index contributed by atoms with van der Waals surface area (Å²) in [5.74, 6) is -0.276. The highest BCUT2D eigenvalue weighted by Crippen LogP contribution is 2.18. The molecular formula is C19H25N3O3S. The van der Waals surface area contributed by atoms with Gasteiger partial charge in [-0.05, 0) is 63.8 Å². The number of nitrogens with one attached hydrogen (secondary N) is 2. The number of sulfonamides is 1. The van der Waals surface area contributed by atoms with Gasteiger partial charge in [0.15, 0.2) is 0 Å². The summed E-state index contributed by atoms with van der Waals surface area (Å²) in [6.45, 7) is 4.85. The van der Waals surface area contributed by atoms with Crippen molar-refractivity contribution in [3.8, 4) is 0 Å². The lowest BCUT2D eigenvalue weighted by molar-refractivity contribution is 0.102. The molecule has 0 saturated carbocycles. The van der Waals surface area contributed by atoms with E-state index in [-0.39, 0.29) is 10.8 Å². The quantitative estimate of drug-likeness (QED) is 0.779. The second kappa shape index (κ2) is 8.44. The van der Waals surface area contributed by atoms with E-state index < -0.39 is 10.0 Å². The lowest BCUT2D eigenvalue weighted by atomic mass is 10.1. The van der Waals surface area contributed by atoms with Crippen molar-refractivity contribution in [2.45, 2.75) is 18.7 Å². The molecule has 2 aromatic rings. The molecule has 140 valence electrons. The predicted molar refractivity (Wildman–Crippen MR) is 104 cm³/mol. The van der Waals surface area contributed by atoms with E-state index >= 15 is 0 Å². The smallest absolute Gasteiger partial charge is 0.255 e. The molecule has 0 unspecified atom stereocenters. The van der Waals surface area contributed by atoms with Crippen molar-refractivity contribution in [3.05, 3.63) is 59.2 Å². The van der Waals surface area contributed by atoms with Crippen molar-refractivity contribution < 1.29 is 13.2 Å². The van der Waals surface area contributed by atoms with Gasteiger partial charge in [-0.2, -0.15) is 0 Å². The molecular weight excluding hydrogens is 350 g/mol. The summed E-state index contributed by atoms with van der Waals surface area (Å²) in [5, 5.41) is 2.85. The molecule has 0 atom stereocenters. The van der Waals surface area contributed by atoms with Gasteiger partial charge in [0.05, 0.1) is 4.90 Å². The molecule has 2 N–H and O–H groups in total. The van der Waals surface area contributed by atoms with Crippen molar-refractivity contribution in [3.63, 3.8) is 0 Å². The van der Waals surface area contributed by atoms with E-state index in [1.54, 1.807) is 0 Å². The third-order valence-corrected chi connectivity index (χ3v) is 5.38. The van der Waals surface area contributed by atoms with Crippen molar-refractivity contribution in [2.24, 2.45) is 0 Å². The third-order valence-electron chi connectivity index (χ3n) is 3.91. The number of amides is 1. The predicted octanol–water partition coefficient (Wildman–Crippen LogP) is 2.40. The molecule has 0 aliphatic rings. The maximum Gasteiger partial charge on any atom is 0.255 e. The van der Waals surface area contributed by atoms with Gasteiger partial charge in [-0.15, -0.1) is 0 Å². The number of likely N-dealkylation sites (N-methyl/N-ethyl adjacent to an activating group) is 1. The Labute approximate surface area is 155 Å². The van der Waals surface area contributed by atoms with Gasteiger partial charge in [-0.3, -0.25) is 4.79 Å². The largest absolute Gasteiger partial charge is 0.322 e. The van der Waals surface area contributed by atoms with E-state index in [4.69, 9.17) is 0 Å². The molecule has 0 aromatic heterocycles. The second-order valence-corrected chi connectivity index (χ2v) is 8.26. The molecule has 0 fully saturated rings. The van der Waals surface area contributed by atoms with Gasteiger partial charge in [-0.25, -0.2) is 13.1 Å². The zero-order chi connectivity index (χ0) is 19.3. The highest BCUT2D eigenvalue weighted by Gasteiger charge is 2.15. The third kappa shape index (κ3) is 5.39. The Morgan fingerprint density at radius 2 is 1.69 bits per heavy atom. The molecule has 0 aliphatic heterocycles. The molecule has 7 heteroatoms. The molecule has 6 nitrogen and oxygen atoms in total. The number of benzene rings is 2. The molecule has 2 aromatic carbocycles. The van der Waals surface area contributed by atoms with Gasteiger partial charge >= 0.3 is 0 Å². The minimum absolute atomic E-state index is 0.138. The summed E-state index contributed by atoms with van der Waals surface area (Å²) in [5.41, 5.74) is 3.24. The van der Waals surface area contributed by atoms with E-state index in [0.29, 0.717) is 18.7 Å². The van der Waals surface area contributed by atoms with Crippen molar-refractivity contribution >= 4 is 21.6 Å². The molecule has 0 spiro atoms. The van der Waals surface area contributed by atoms with Crippen LogP contribution in [-0.4, -0.2) is 46.4 Å². The Hall–Kier alpha value is -2.22. The van der Waals surface area contributed by atoms with Crippen LogP contribution in [0.4, 0.5) is 5.69 Å². The average molecular weight is 375 g/mol. The maximum atomic E-state index is 12.4. The fraction of sp³-hybridized carbons (Fsp3) is 0.316. The average Bonchev–Trinajstić information content (AvgIpc) is 2.57. The summed E-state index contributed by atoms with van der Waals surface area (Å²) < 4.78 is 27.0. The number of carbonyl (C=O) groups excluding carboxylic acids is 1. The summed E-state index contributed by atoms with van der Waals surface area (Å²) >= 11 is 0. The first-order chi connectivity index (χ1) is 12.2. The van der Waals surface area contributed by atoms with Gasteiger partial charge in [0.1, 0.15) is 0 Å². The van der Waals surface area contributed by atoms with E-state index in [9.17, 15) is 13.2 Å². The SMILES string of the molecule is Cc1ccc(NC(=O)c2ccc(S(=O)(=O)NCCN(C)C)cc2)c(C)c1. The van der Waals surface area contributed by atoms with Crippen LogP contribution in [0.5, 0.6) is 0 Å². The lowest BCUT2D eigenvalue weighted by Crippen LogP contribution is -2.31. The number of nitrogens with zero attached hydrogens (tertiary/aromatic N) is 1. The second-order valence-electron chi connectivity index (χ2n) is 6.50. The zero-order valence-electron chi connectivity index (χ0n) is 15.5. The number of rotatable bonds is 7. The van der Waals surface area contributed by atoms with E-state index in [2.05, 4.69) is 10.0 Å². The van der Waals surface area contributed by atoms with Crippen LogP contribution < -0.4 is 10.0 Å². The first-order valence-corrected chi connectivity index (χ1v) is 9.80. The molecule has 26 heavy (non-hydrogen) atoms. The Bertz CT molecular complexity index is 875. The van der Waals surface area contributed by atoms with Gasteiger partial charge in [0.25, 0.3) is 5.91 Å². The molecule has 1 amide bonds. The van der Waals surface area contributed by atoms with Crippen molar-refractivity contribution in [1.29, 1.82) is 0 Å². The van der Waals surface area contributed by atoms with Crippen LogP contribution in [0.2, 0.25) is 0 Å².